The minimum atomic E-state index is -0.179. The van der Waals surface area contributed by atoms with Crippen molar-refractivity contribution in [2.75, 3.05) is 26.9 Å². The molecule has 1 fully saturated rings. The summed E-state index contributed by atoms with van der Waals surface area (Å²) in [6, 6.07) is 3.37. The highest BCUT2D eigenvalue weighted by Gasteiger charge is 2.28. The van der Waals surface area contributed by atoms with E-state index >= 15 is 0 Å². The van der Waals surface area contributed by atoms with Crippen LogP contribution in [-0.4, -0.2) is 38.8 Å². The third-order valence-electron chi connectivity index (χ3n) is 3.82. The highest BCUT2D eigenvalue weighted by atomic mass is 16.6. The van der Waals surface area contributed by atoms with Crippen molar-refractivity contribution in [3.05, 3.63) is 17.7 Å². The molecule has 0 aromatic heterocycles. The highest BCUT2D eigenvalue weighted by Crippen LogP contribution is 2.40. The van der Waals surface area contributed by atoms with Gasteiger partial charge < -0.3 is 25.3 Å². The minimum Gasteiger partial charge on any atom is -0.493 e. The highest BCUT2D eigenvalue weighted by molar-refractivity contribution is 5.95. The predicted octanol–water partition coefficient (Wildman–Crippen LogP) is 0.933. The standard InChI is InChI=1S/C15H20N2O4/c1-19-12-6-10(7-13-14(12)21-5-4-20-13)15(18)17-8-11(16)9-2-3-9/h6-7,9,11H,2-5,8,16H2,1H3,(H,17,18). The topological polar surface area (TPSA) is 82.8 Å². The molecule has 0 spiro atoms. The SMILES string of the molecule is COc1cc(C(=O)NCC(N)C2CC2)cc2c1OCCO2. The number of fused-ring (bicyclic) bond motifs is 1. The van der Waals surface area contributed by atoms with Crippen LogP contribution in [0, 0.1) is 5.92 Å². The quantitative estimate of drug-likeness (QED) is 0.843. The van der Waals surface area contributed by atoms with Crippen LogP contribution in [0.15, 0.2) is 12.1 Å². The number of carbonyl (C=O) groups excluding carboxylic acids is 1. The summed E-state index contributed by atoms with van der Waals surface area (Å²) >= 11 is 0. The van der Waals surface area contributed by atoms with Crippen molar-refractivity contribution in [3.63, 3.8) is 0 Å². The average molecular weight is 292 g/mol. The number of rotatable bonds is 5. The number of hydrogen-bond acceptors (Lipinski definition) is 5. The molecule has 0 radical (unpaired) electrons. The van der Waals surface area contributed by atoms with E-state index in [-0.39, 0.29) is 11.9 Å². The number of nitrogens with two attached hydrogens (primary N) is 1. The third-order valence-corrected chi connectivity index (χ3v) is 3.82. The molecule has 1 aromatic carbocycles. The fourth-order valence-electron chi connectivity index (χ4n) is 2.41. The lowest BCUT2D eigenvalue weighted by molar-refractivity contribution is 0.0948. The van der Waals surface area contributed by atoms with Crippen molar-refractivity contribution in [1.82, 2.24) is 5.32 Å². The Labute approximate surface area is 123 Å². The largest absolute Gasteiger partial charge is 0.493 e. The van der Waals surface area contributed by atoms with Crippen molar-refractivity contribution in [1.29, 1.82) is 0 Å². The van der Waals surface area contributed by atoms with Crippen molar-refractivity contribution in [2.45, 2.75) is 18.9 Å². The lowest BCUT2D eigenvalue weighted by Gasteiger charge is -2.21. The first kappa shape index (κ1) is 14.0. The number of carbonyl (C=O) groups is 1. The van der Waals surface area contributed by atoms with Crippen molar-refractivity contribution in [3.8, 4) is 17.2 Å². The molecule has 1 atom stereocenters. The molecule has 1 aliphatic carbocycles. The summed E-state index contributed by atoms with van der Waals surface area (Å²) in [5.74, 6) is 1.97. The molecule has 0 bridgehead atoms. The second-order valence-electron chi connectivity index (χ2n) is 5.41. The molecule has 6 nitrogen and oxygen atoms in total. The number of amides is 1. The Morgan fingerprint density at radius 2 is 2.19 bits per heavy atom. The Morgan fingerprint density at radius 3 is 2.90 bits per heavy atom. The van der Waals surface area contributed by atoms with Gasteiger partial charge in [0, 0.05) is 18.2 Å². The van der Waals surface area contributed by atoms with Gasteiger partial charge in [0.25, 0.3) is 5.91 Å². The van der Waals surface area contributed by atoms with Gasteiger partial charge in [-0.1, -0.05) is 0 Å². The van der Waals surface area contributed by atoms with Crippen LogP contribution < -0.4 is 25.3 Å². The molecule has 1 saturated carbocycles. The van der Waals surface area contributed by atoms with Gasteiger partial charge in [0.2, 0.25) is 5.75 Å². The second-order valence-corrected chi connectivity index (χ2v) is 5.41. The molecule has 1 heterocycles. The van der Waals surface area contributed by atoms with Crippen LogP contribution in [0.4, 0.5) is 0 Å². The van der Waals surface area contributed by atoms with Gasteiger partial charge in [0.15, 0.2) is 11.5 Å². The van der Waals surface area contributed by atoms with E-state index in [0.29, 0.717) is 48.5 Å². The maximum Gasteiger partial charge on any atom is 0.251 e. The van der Waals surface area contributed by atoms with Gasteiger partial charge in [-0.3, -0.25) is 4.79 Å². The maximum absolute atomic E-state index is 12.2. The normalized spacial score (nSPS) is 18.0. The van der Waals surface area contributed by atoms with E-state index < -0.39 is 0 Å². The van der Waals surface area contributed by atoms with E-state index in [1.54, 1.807) is 12.1 Å². The van der Waals surface area contributed by atoms with Gasteiger partial charge >= 0.3 is 0 Å². The molecule has 21 heavy (non-hydrogen) atoms. The van der Waals surface area contributed by atoms with Crippen LogP contribution in [0.25, 0.3) is 0 Å². The van der Waals surface area contributed by atoms with Gasteiger partial charge in [0.1, 0.15) is 13.2 Å². The summed E-state index contributed by atoms with van der Waals surface area (Å²) in [5.41, 5.74) is 6.47. The molecule has 2 aliphatic rings. The molecule has 6 heteroatoms. The monoisotopic (exact) mass is 292 g/mol. The van der Waals surface area contributed by atoms with E-state index in [1.807, 2.05) is 0 Å². The van der Waals surface area contributed by atoms with E-state index in [1.165, 1.54) is 7.11 Å². The lowest BCUT2D eigenvalue weighted by Crippen LogP contribution is -2.38. The van der Waals surface area contributed by atoms with Crippen molar-refractivity contribution >= 4 is 5.91 Å². The van der Waals surface area contributed by atoms with Crippen LogP contribution in [0.2, 0.25) is 0 Å². The Morgan fingerprint density at radius 1 is 1.43 bits per heavy atom. The van der Waals surface area contributed by atoms with Gasteiger partial charge in [-0.2, -0.15) is 0 Å². The third kappa shape index (κ3) is 3.05. The molecular weight excluding hydrogens is 272 g/mol. The number of nitrogens with one attached hydrogen (secondary N) is 1. The molecule has 1 aromatic rings. The van der Waals surface area contributed by atoms with E-state index in [0.717, 1.165) is 12.8 Å². The Balaban J connectivity index is 1.72. The molecule has 3 N–H and O–H groups in total. The van der Waals surface area contributed by atoms with E-state index in [9.17, 15) is 4.79 Å². The molecule has 1 unspecified atom stereocenters. The van der Waals surface area contributed by atoms with Gasteiger partial charge in [-0.05, 0) is 30.9 Å². The summed E-state index contributed by atoms with van der Waals surface area (Å²) < 4.78 is 16.3. The first-order chi connectivity index (χ1) is 10.2. The number of hydrogen-bond donors (Lipinski definition) is 2. The molecule has 0 saturated heterocycles. The first-order valence-electron chi connectivity index (χ1n) is 7.20. The Hall–Kier alpha value is -1.95. The molecule has 114 valence electrons. The smallest absolute Gasteiger partial charge is 0.251 e. The molecule has 3 rings (SSSR count). The summed E-state index contributed by atoms with van der Waals surface area (Å²) in [4.78, 5) is 12.2. The van der Waals surface area contributed by atoms with Crippen LogP contribution >= 0.6 is 0 Å². The first-order valence-corrected chi connectivity index (χ1v) is 7.20. The Bertz CT molecular complexity index is 525. The Kier molecular flexibility index (Phi) is 3.88. The van der Waals surface area contributed by atoms with Gasteiger partial charge in [-0.25, -0.2) is 0 Å². The fourth-order valence-corrected chi connectivity index (χ4v) is 2.41. The molecule has 1 amide bonds. The summed E-state index contributed by atoms with van der Waals surface area (Å²) in [6.45, 7) is 1.43. The van der Waals surface area contributed by atoms with Crippen LogP contribution in [-0.2, 0) is 0 Å². The number of benzene rings is 1. The van der Waals surface area contributed by atoms with Gasteiger partial charge in [0.05, 0.1) is 7.11 Å². The molecule has 1 aliphatic heterocycles. The van der Waals surface area contributed by atoms with Crippen LogP contribution in [0.5, 0.6) is 17.2 Å². The average Bonchev–Trinajstić information content (AvgIpc) is 3.36. The minimum absolute atomic E-state index is 0.0352. The fraction of sp³-hybridized carbons (Fsp3) is 0.533. The van der Waals surface area contributed by atoms with E-state index in [2.05, 4.69) is 5.32 Å². The number of ether oxygens (including phenoxy) is 3. The lowest BCUT2D eigenvalue weighted by atomic mass is 10.1. The maximum atomic E-state index is 12.2. The predicted molar refractivity (Wildman–Crippen MR) is 77.0 cm³/mol. The van der Waals surface area contributed by atoms with Crippen LogP contribution in [0.1, 0.15) is 23.2 Å². The zero-order valence-electron chi connectivity index (χ0n) is 12.1. The van der Waals surface area contributed by atoms with E-state index in [4.69, 9.17) is 19.9 Å². The molecular formula is C15H20N2O4. The summed E-state index contributed by atoms with van der Waals surface area (Å²) in [5, 5.41) is 2.86. The van der Waals surface area contributed by atoms with Crippen LogP contribution in [0.3, 0.4) is 0 Å². The summed E-state index contributed by atoms with van der Waals surface area (Å²) in [6.07, 6.45) is 2.32. The van der Waals surface area contributed by atoms with Crippen molar-refractivity contribution < 1.29 is 19.0 Å². The van der Waals surface area contributed by atoms with Gasteiger partial charge in [-0.15, -0.1) is 0 Å². The van der Waals surface area contributed by atoms with Crippen molar-refractivity contribution in [2.24, 2.45) is 11.7 Å². The zero-order chi connectivity index (χ0) is 14.8. The summed E-state index contributed by atoms with van der Waals surface area (Å²) in [7, 11) is 1.54. The zero-order valence-corrected chi connectivity index (χ0v) is 12.1. The number of methoxy groups -OCH3 is 1. The second kappa shape index (κ2) is 5.81.